The Morgan fingerprint density at radius 2 is 2.23 bits per heavy atom. The molecule has 0 aromatic heterocycles. The molecule has 3 heteroatoms. The van der Waals surface area contributed by atoms with Crippen molar-refractivity contribution in [1.29, 1.82) is 0 Å². The topological polar surface area (TPSA) is 40.5 Å². The van der Waals surface area contributed by atoms with Crippen molar-refractivity contribution in [2.24, 2.45) is 5.92 Å². The fraction of sp³-hybridized carbons (Fsp3) is 0.700. The summed E-state index contributed by atoms with van der Waals surface area (Å²) in [5.41, 5.74) is 0.574. The number of fused-ring (bicyclic) bond motifs is 2. The quantitative estimate of drug-likeness (QED) is 0.613. The van der Waals surface area contributed by atoms with E-state index in [2.05, 4.69) is 0 Å². The Balaban J connectivity index is 2.45. The highest BCUT2D eigenvalue weighted by molar-refractivity contribution is 5.95. The van der Waals surface area contributed by atoms with Gasteiger partial charge in [-0.05, 0) is 33.3 Å². The van der Waals surface area contributed by atoms with Crippen LogP contribution in [0.25, 0.3) is 0 Å². The molecule has 1 heterocycles. The van der Waals surface area contributed by atoms with E-state index in [0.717, 1.165) is 12.0 Å². The lowest BCUT2D eigenvalue weighted by Crippen LogP contribution is -2.43. The third-order valence-corrected chi connectivity index (χ3v) is 3.44. The summed E-state index contributed by atoms with van der Waals surface area (Å²) >= 11 is 0. The van der Waals surface area contributed by atoms with Gasteiger partial charge >= 0.3 is 0 Å². The first-order valence-electron chi connectivity index (χ1n) is 4.65. The van der Waals surface area contributed by atoms with E-state index >= 15 is 0 Å². The van der Waals surface area contributed by atoms with Gasteiger partial charge in [0, 0.05) is 5.92 Å². The molecule has 72 valence electrons. The normalized spacial score (nSPS) is 37.8. The molecule has 1 aliphatic carbocycles. The van der Waals surface area contributed by atoms with Gasteiger partial charge in [-0.2, -0.15) is 5.06 Å². The minimum absolute atomic E-state index is 0.0359. The highest BCUT2D eigenvalue weighted by Gasteiger charge is 2.52. The van der Waals surface area contributed by atoms with Crippen LogP contribution in [0.2, 0.25) is 0 Å². The Labute approximate surface area is 78.0 Å². The predicted molar refractivity (Wildman–Crippen MR) is 48.4 cm³/mol. The van der Waals surface area contributed by atoms with Crippen molar-refractivity contribution in [1.82, 2.24) is 5.06 Å². The summed E-state index contributed by atoms with van der Waals surface area (Å²) in [7, 11) is 0. The molecule has 2 unspecified atom stereocenters. The Hall–Kier alpha value is -0.670. The summed E-state index contributed by atoms with van der Waals surface area (Å²) < 4.78 is 0. The van der Waals surface area contributed by atoms with E-state index in [0.29, 0.717) is 0 Å². The van der Waals surface area contributed by atoms with Crippen molar-refractivity contribution in [3.63, 3.8) is 0 Å². The smallest absolute Gasteiger partial charge is 0.160 e. The van der Waals surface area contributed by atoms with E-state index in [1.165, 1.54) is 5.06 Å². The molecule has 2 rings (SSSR count). The second-order valence-electron chi connectivity index (χ2n) is 4.59. The minimum atomic E-state index is -0.407. The van der Waals surface area contributed by atoms with Crippen LogP contribution < -0.4 is 0 Å². The molecule has 2 bridgehead atoms. The fourth-order valence-corrected chi connectivity index (χ4v) is 2.44. The molecule has 0 radical (unpaired) electrons. The molecule has 2 aliphatic rings. The number of carbonyl (C=O) groups excluding carboxylic acids is 1. The van der Waals surface area contributed by atoms with Crippen molar-refractivity contribution in [3.8, 4) is 0 Å². The number of rotatable bonds is 0. The largest absolute Gasteiger partial charge is 0.313 e. The molecule has 1 fully saturated rings. The van der Waals surface area contributed by atoms with Crippen LogP contribution >= 0.6 is 0 Å². The maximum Gasteiger partial charge on any atom is 0.160 e. The van der Waals surface area contributed by atoms with Gasteiger partial charge in [-0.1, -0.05) is 5.57 Å². The molecule has 13 heavy (non-hydrogen) atoms. The Kier molecular flexibility index (Phi) is 1.66. The van der Waals surface area contributed by atoms with E-state index < -0.39 is 5.54 Å². The van der Waals surface area contributed by atoms with Crippen LogP contribution in [0.3, 0.4) is 0 Å². The van der Waals surface area contributed by atoms with Crippen LogP contribution in [0.15, 0.2) is 11.6 Å². The zero-order valence-corrected chi connectivity index (χ0v) is 8.24. The lowest BCUT2D eigenvalue weighted by Gasteiger charge is -2.30. The predicted octanol–water partition coefficient (Wildman–Crippen LogP) is 1.37. The molecule has 1 saturated heterocycles. The average molecular weight is 181 g/mol. The van der Waals surface area contributed by atoms with Crippen LogP contribution in [0.5, 0.6) is 0 Å². The van der Waals surface area contributed by atoms with Gasteiger partial charge in [0.15, 0.2) is 5.78 Å². The number of allylic oxidation sites excluding steroid dienone is 1. The molecule has 2 atom stereocenters. The first-order chi connectivity index (χ1) is 5.94. The summed E-state index contributed by atoms with van der Waals surface area (Å²) in [5, 5.41) is 11.2. The Morgan fingerprint density at radius 3 is 2.85 bits per heavy atom. The number of ketones is 1. The van der Waals surface area contributed by atoms with Crippen LogP contribution in [0.1, 0.15) is 27.2 Å². The number of hydrogen-bond acceptors (Lipinski definition) is 3. The number of nitrogens with zero attached hydrogens (tertiary/aromatic N) is 1. The minimum Gasteiger partial charge on any atom is -0.313 e. The summed E-state index contributed by atoms with van der Waals surface area (Å²) in [6.45, 7) is 5.74. The molecule has 0 aromatic rings. The van der Waals surface area contributed by atoms with Crippen molar-refractivity contribution >= 4 is 5.78 Å². The number of hydroxylamine groups is 2. The van der Waals surface area contributed by atoms with Crippen LogP contribution in [-0.2, 0) is 4.79 Å². The lowest BCUT2D eigenvalue weighted by atomic mass is 9.81. The summed E-state index contributed by atoms with van der Waals surface area (Å²) in [6.07, 6.45) is 2.45. The maximum absolute atomic E-state index is 11.6. The van der Waals surface area contributed by atoms with Gasteiger partial charge in [0.05, 0.1) is 11.6 Å². The van der Waals surface area contributed by atoms with Gasteiger partial charge in [-0.25, -0.2) is 0 Å². The van der Waals surface area contributed by atoms with Gasteiger partial charge in [-0.15, -0.1) is 0 Å². The first kappa shape index (κ1) is 8.91. The maximum atomic E-state index is 11.6. The second kappa shape index (κ2) is 2.42. The monoisotopic (exact) mass is 181 g/mol. The molecular formula is C10H15NO2. The SMILES string of the molecule is CC1=CC(=O)C2CC1N(O)C2(C)C. The molecule has 0 aromatic carbocycles. The van der Waals surface area contributed by atoms with E-state index in [-0.39, 0.29) is 17.7 Å². The average Bonchev–Trinajstić information content (AvgIpc) is 2.21. The molecule has 0 amide bonds. The van der Waals surface area contributed by atoms with E-state index in [9.17, 15) is 10.0 Å². The van der Waals surface area contributed by atoms with Crippen molar-refractivity contribution in [2.45, 2.75) is 38.8 Å². The molecule has 0 spiro atoms. The van der Waals surface area contributed by atoms with Gasteiger partial charge in [0.2, 0.25) is 0 Å². The first-order valence-corrected chi connectivity index (χ1v) is 4.65. The molecule has 3 nitrogen and oxygen atoms in total. The Bertz CT molecular complexity index is 293. The van der Waals surface area contributed by atoms with Crippen molar-refractivity contribution < 1.29 is 10.0 Å². The van der Waals surface area contributed by atoms with E-state index in [1.54, 1.807) is 6.08 Å². The summed E-state index contributed by atoms with van der Waals surface area (Å²) in [6, 6.07) is 0.0534. The third kappa shape index (κ3) is 1.00. The van der Waals surface area contributed by atoms with Gasteiger partial charge in [0.1, 0.15) is 0 Å². The highest BCUT2D eigenvalue weighted by atomic mass is 16.5. The lowest BCUT2D eigenvalue weighted by molar-refractivity contribution is -0.163. The van der Waals surface area contributed by atoms with Crippen LogP contribution in [0, 0.1) is 5.92 Å². The fourth-order valence-electron chi connectivity index (χ4n) is 2.44. The van der Waals surface area contributed by atoms with Crippen molar-refractivity contribution in [3.05, 3.63) is 11.6 Å². The standard InChI is InChI=1S/C10H15NO2/c1-6-4-9(12)7-5-8(6)11(13)10(7,2)3/h4,7-8,13H,5H2,1-3H3. The van der Waals surface area contributed by atoms with Crippen molar-refractivity contribution in [2.75, 3.05) is 0 Å². The third-order valence-electron chi connectivity index (χ3n) is 3.44. The number of carbonyl (C=O) groups is 1. The van der Waals surface area contributed by atoms with Crippen LogP contribution in [0.4, 0.5) is 0 Å². The summed E-state index contributed by atoms with van der Waals surface area (Å²) in [4.78, 5) is 11.6. The van der Waals surface area contributed by atoms with E-state index in [1.807, 2.05) is 20.8 Å². The zero-order chi connectivity index (χ0) is 9.80. The van der Waals surface area contributed by atoms with E-state index in [4.69, 9.17) is 0 Å². The Morgan fingerprint density at radius 1 is 1.62 bits per heavy atom. The van der Waals surface area contributed by atoms with Gasteiger partial charge < -0.3 is 5.21 Å². The second-order valence-corrected chi connectivity index (χ2v) is 4.59. The molecular weight excluding hydrogens is 166 g/mol. The number of hydrogen-bond donors (Lipinski definition) is 1. The van der Waals surface area contributed by atoms with Crippen LogP contribution in [-0.4, -0.2) is 27.6 Å². The molecule has 1 N–H and O–H groups in total. The summed E-state index contributed by atoms with van der Waals surface area (Å²) in [5.74, 6) is 0.126. The highest BCUT2D eigenvalue weighted by Crippen LogP contribution is 2.43. The molecule has 1 aliphatic heterocycles. The van der Waals surface area contributed by atoms with Gasteiger partial charge in [-0.3, -0.25) is 4.79 Å². The zero-order valence-electron chi connectivity index (χ0n) is 8.24. The molecule has 0 saturated carbocycles. The van der Waals surface area contributed by atoms with Gasteiger partial charge in [0.25, 0.3) is 0 Å².